The highest BCUT2D eigenvalue weighted by molar-refractivity contribution is 14.0. The van der Waals surface area contributed by atoms with Crippen LogP contribution in [0.4, 0.5) is 0 Å². The summed E-state index contributed by atoms with van der Waals surface area (Å²) in [5, 5.41) is 7.50. The molecule has 1 aromatic rings. The Morgan fingerprint density at radius 3 is 2.96 bits per heavy atom. The van der Waals surface area contributed by atoms with Crippen molar-refractivity contribution in [2.75, 3.05) is 26.0 Å². The standard InChI is InChI=1S/C17H26N4OS.HI/c1-18-17(21-11-15-3-2-8-23-15)20-10-14-6-7-19-16(9-14)22-12-13-4-5-13;/h6-7,9,13,15H,2-5,8,10-12H2,1H3,(H2,18,20,21);1H. The number of nitrogens with zero attached hydrogens (tertiary/aromatic N) is 2. The summed E-state index contributed by atoms with van der Waals surface area (Å²) < 4.78 is 5.73. The van der Waals surface area contributed by atoms with Crippen molar-refractivity contribution in [3.63, 3.8) is 0 Å². The summed E-state index contributed by atoms with van der Waals surface area (Å²) in [5.74, 6) is 3.62. The Bertz CT molecular complexity index is 533. The van der Waals surface area contributed by atoms with Crippen LogP contribution in [0.5, 0.6) is 5.88 Å². The van der Waals surface area contributed by atoms with Gasteiger partial charge in [-0.05, 0) is 49.0 Å². The van der Waals surface area contributed by atoms with Gasteiger partial charge in [0.05, 0.1) is 6.61 Å². The zero-order valence-corrected chi connectivity index (χ0v) is 17.3. The smallest absolute Gasteiger partial charge is 0.213 e. The molecule has 1 aromatic heterocycles. The Hall–Kier alpha value is -0.700. The van der Waals surface area contributed by atoms with Gasteiger partial charge in [0.1, 0.15) is 0 Å². The molecule has 1 saturated heterocycles. The zero-order valence-electron chi connectivity index (χ0n) is 14.2. The van der Waals surface area contributed by atoms with Crippen LogP contribution in [0.25, 0.3) is 0 Å². The van der Waals surface area contributed by atoms with Crippen molar-refractivity contribution in [2.45, 2.75) is 37.5 Å². The Labute approximate surface area is 165 Å². The molecule has 0 spiro atoms. The lowest BCUT2D eigenvalue weighted by molar-refractivity contribution is 0.288. The maximum absolute atomic E-state index is 5.73. The quantitative estimate of drug-likeness (QED) is 0.371. The number of hydrogen-bond donors (Lipinski definition) is 2. The van der Waals surface area contributed by atoms with Gasteiger partial charge in [0.15, 0.2) is 5.96 Å². The summed E-state index contributed by atoms with van der Waals surface area (Å²) in [5.41, 5.74) is 1.16. The van der Waals surface area contributed by atoms with E-state index in [1.54, 1.807) is 0 Å². The summed E-state index contributed by atoms with van der Waals surface area (Å²) in [4.78, 5) is 8.57. The van der Waals surface area contributed by atoms with E-state index in [-0.39, 0.29) is 24.0 Å². The Kier molecular flexibility index (Phi) is 8.44. The Morgan fingerprint density at radius 1 is 1.38 bits per heavy atom. The van der Waals surface area contributed by atoms with Gasteiger partial charge in [-0.15, -0.1) is 24.0 Å². The Morgan fingerprint density at radius 2 is 2.25 bits per heavy atom. The molecule has 0 radical (unpaired) electrons. The molecule has 3 rings (SSSR count). The SMILES string of the molecule is CN=C(NCc1ccnc(OCC2CC2)c1)NCC1CCCS1.I. The summed E-state index contributed by atoms with van der Waals surface area (Å²) in [6.07, 6.45) is 7.04. The van der Waals surface area contributed by atoms with Crippen molar-refractivity contribution >= 4 is 41.7 Å². The van der Waals surface area contributed by atoms with Crippen LogP contribution in [0.3, 0.4) is 0 Å². The average Bonchev–Trinajstić information content (AvgIpc) is 3.27. The van der Waals surface area contributed by atoms with Gasteiger partial charge in [-0.25, -0.2) is 4.98 Å². The molecule has 2 fully saturated rings. The minimum absolute atomic E-state index is 0. The fourth-order valence-corrected chi connectivity index (χ4v) is 3.75. The zero-order chi connectivity index (χ0) is 15.9. The van der Waals surface area contributed by atoms with E-state index in [4.69, 9.17) is 4.74 Å². The minimum atomic E-state index is 0. The molecule has 5 nitrogen and oxygen atoms in total. The van der Waals surface area contributed by atoms with E-state index in [1.165, 1.54) is 31.4 Å². The maximum Gasteiger partial charge on any atom is 0.213 e. The normalized spacial score (nSPS) is 20.4. The molecule has 0 amide bonds. The van der Waals surface area contributed by atoms with Gasteiger partial charge in [-0.3, -0.25) is 4.99 Å². The first-order valence-corrected chi connectivity index (χ1v) is 9.52. The van der Waals surface area contributed by atoms with E-state index in [9.17, 15) is 0 Å². The fourth-order valence-electron chi connectivity index (χ4n) is 2.55. The molecule has 1 unspecified atom stereocenters. The van der Waals surface area contributed by atoms with Gasteiger partial charge in [0.2, 0.25) is 5.88 Å². The fraction of sp³-hybridized carbons (Fsp3) is 0.647. The van der Waals surface area contributed by atoms with Gasteiger partial charge >= 0.3 is 0 Å². The molecular formula is C17H27IN4OS. The van der Waals surface area contributed by atoms with Crippen LogP contribution >= 0.6 is 35.7 Å². The number of ether oxygens (including phenoxy) is 1. The number of rotatable bonds is 7. The number of hydrogen-bond acceptors (Lipinski definition) is 4. The third-order valence-corrected chi connectivity index (χ3v) is 5.57. The highest BCUT2D eigenvalue weighted by Gasteiger charge is 2.22. The van der Waals surface area contributed by atoms with Crippen LogP contribution in [-0.2, 0) is 6.54 Å². The lowest BCUT2D eigenvalue weighted by Crippen LogP contribution is -2.39. The highest BCUT2D eigenvalue weighted by atomic mass is 127. The topological polar surface area (TPSA) is 58.5 Å². The molecule has 0 bridgehead atoms. The van der Waals surface area contributed by atoms with Crippen molar-refractivity contribution in [3.05, 3.63) is 23.9 Å². The molecular weight excluding hydrogens is 435 g/mol. The second-order valence-electron chi connectivity index (χ2n) is 6.20. The van der Waals surface area contributed by atoms with Gasteiger partial charge in [0.25, 0.3) is 0 Å². The predicted octanol–water partition coefficient (Wildman–Crippen LogP) is 3.05. The third kappa shape index (κ3) is 6.66. The van der Waals surface area contributed by atoms with Crippen LogP contribution in [-0.4, -0.2) is 42.1 Å². The molecule has 2 heterocycles. The van der Waals surface area contributed by atoms with E-state index < -0.39 is 0 Å². The van der Waals surface area contributed by atoms with Crippen LogP contribution in [0.2, 0.25) is 0 Å². The molecule has 1 aliphatic carbocycles. The number of guanidine groups is 1. The number of aromatic nitrogens is 1. The van der Waals surface area contributed by atoms with Crippen molar-refractivity contribution < 1.29 is 4.74 Å². The molecule has 1 aliphatic heterocycles. The van der Waals surface area contributed by atoms with Gasteiger partial charge in [-0.2, -0.15) is 11.8 Å². The Balaban J connectivity index is 0.00000208. The summed E-state index contributed by atoms with van der Waals surface area (Å²) in [7, 11) is 1.81. The first kappa shape index (κ1) is 19.6. The van der Waals surface area contributed by atoms with Crippen molar-refractivity contribution in [2.24, 2.45) is 10.9 Å². The van der Waals surface area contributed by atoms with E-state index in [2.05, 4.69) is 32.4 Å². The first-order valence-electron chi connectivity index (χ1n) is 8.47. The van der Waals surface area contributed by atoms with E-state index >= 15 is 0 Å². The summed E-state index contributed by atoms with van der Waals surface area (Å²) in [6, 6.07) is 4.02. The molecule has 2 N–H and O–H groups in total. The van der Waals surface area contributed by atoms with E-state index in [0.29, 0.717) is 0 Å². The molecule has 134 valence electrons. The van der Waals surface area contributed by atoms with Crippen LogP contribution < -0.4 is 15.4 Å². The molecule has 24 heavy (non-hydrogen) atoms. The van der Waals surface area contributed by atoms with E-state index in [0.717, 1.165) is 48.3 Å². The monoisotopic (exact) mass is 462 g/mol. The van der Waals surface area contributed by atoms with Crippen molar-refractivity contribution in [1.29, 1.82) is 0 Å². The number of aliphatic imine (C=N–C) groups is 1. The van der Waals surface area contributed by atoms with Crippen LogP contribution in [0, 0.1) is 5.92 Å². The summed E-state index contributed by atoms with van der Waals surface area (Å²) >= 11 is 2.05. The molecule has 2 aliphatic rings. The van der Waals surface area contributed by atoms with Gasteiger partial charge in [-0.1, -0.05) is 0 Å². The van der Waals surface area contributed by atoms with Crippen LogP contribution in [0.1, 0.15) is 31.2 Å². The number of halogens is 1. The number of thioether (sulfide) groups is 1. The maximum atomic E-state index is 5.73. The third-order valence-electron chi connectivity index (χ3n) is 4.17. The summed E-state index contributed by atoms with van der Waals surface area (Å²) in [6.45, 7) is 2.50. The molecule has 1 saturated carbocycles. The largest absolute Gasteiger partial charge is 0.477 e. The van der Waals surface area contributed by atoms with Crippen molar-refractivity contribution in [1.82, 2.24) is 15.6 Å². The average molecular weight is 462 g/mol. The van der Waals surface area contributed by atoms with Crippen molar-refractivity contribution in [3.8, 4) is 5.88 Å². The molecule has 1 atom stereocenters. The first-order chi connectivity index (χ1) is 11.3. The molecule has 7 heteroatoms. The number of pyridine rings is 1. The lowest BCUT2D eigenvalue weighted by Gasteiger charge is -2.15. The lowest BCUT2D eigenvalue weighted by atomic mass is 10.2. The van der Waals surface area contributed by atoms with Gasteiger partial charge < -0.3 is 15.4 Å². The second kappa shape index (κ2) is 10.3. The van der Waals surface area contributed by atoms with Crippen LogP contribution in [0.15, 0.2) is 23.3 Å². The second-order valence-corrected chi connectivity index (χ2v) is 7.61. The predicted molar refractivity (Wildman–Crippen MR) is 112 cm³/mol. The molecule has 0 aromatic carbocycles. The minimum Gasteiger partial charge on any atom is -0.477 e. The van der Waals surface area contributed by atoms with E-state index in [1.807, 2.05) is 25.4 Å². The number of nitrogens with one attached hydrogen (secondary N) is 2. The highest BCUT2D eigenvalue weighted by Crippen LogP contribution is 2.29. The van der Waals surface area contributed by atoms with Gasteiger partial charge in [0, 0.05) is 37.7 Å².